The van der Waals surface area contributed by atoms with Gasteiger partial charge >= 0.3 is 0 Å². The Hall–Kier alpha value is -1.82. The molecule has 84 valence electrons. The summed E-state index contributed by atoms with van der Waals surface area (Å²) in [4.78, 5) is 4.11. The molecule has 0 aromatic carbocycles. The third kappa shape index (κ3) is 2.40. The average Bonchev–Trinajstić information content (AvgIpc) is 2.70. The van der Waals surface area contributed by atoms with E-state index in [-0.39, 0.29) is 0 Å². The predicted molar refractivity (Wildman–Crippen MR) is 58.7 cm³/mol. The van der Waals surface area contributed by atoms with Crippen LogP contribution in [0.5, 0.6) is 0 Å². The summed E-state index contributed by atoms with van der Waals surface area (Å²) in [5.74, 6) is 0.679. The standard InChI is InChI=1S/C10H14N6/c1-7-12-6-9(15-14-7)4-8-5-13-16-10(8)2-3-11/h5-6H,2-4,11H2,1H3,(H,13,16). The van der Waals surface area contributed by atoms with E-state index in [9.17, 15) is 0 Å². The number of hydrogen-bond donors (Lipinski definition) is 2. The minimum atomic E-state index is 0.604. The second-order valence-electron chi connectivity index (χ2n) is 3.59. The van der Waals surface area contributed by atoms with Crippen molar-refractivity contribution in [3.05, 3.63) is 35.2 Å². The molecule has 0 radical (unpaired) electrons. The summed E-state index contributed by atoms with van der Waals surface area (Å²) in [7, 11) is 0. The van der Waals surface area contributed by atoms with Crippen molar-refractivity contribution < 1.29 is 0 Å². The molecule has 0 spiro atoms. The topological polar surface area (TPSA) is 93.4 Å². The summed E-state index contributed by atoms with van der Waals surface area (Å²) in [5.41, 5.74) is 8.51. The van der Waals surface area contributed by atoms with Crippen LogP contribution >= 0.6 is 0 Å². The fraction of sp³-hybridized carbons (Fsp3) is 0.400. The largest absolute Gasteiger partial charge is 0.330 e. The fourth-order valence-corrected chi connectivity index (χ4v) is 1.48. The first kappa shape index (κ1) is 10.7. The van der Waals surface area contributed by atoms with Crippen LogP contribution in [-0.4, -0.2) is 31.9 Å². The molecular weight excluding hydrogens is 204 g/mol. The van der Waals surface area contributed by atoms with Crippen molar-refractivity contribution in [1.82, 2.24) is 25.4 Å². The van der Waals surface area contributed by atoms with Gasteiger partial charge in [-0.3, -0.25) is 5.10 Å². The molecule has 16 heavy (non-hydrogen) atoms. The lowest BCUT2D eigenvalue weighted by Gasteiger charge is -2.00. The van der Waals surface area contributed by atoms with E-state index < -0.39 is 0 Å². The fourth-order valence-electron chi connectivity index (χ4n) is 1.48. The molecule has 2 rings (SSSR count). The normalized spacial score (nSPS) is 10.6. The van der Waals surface area contributed by atoms with Gasteiger partial charge < -0.3 is 5.73 Å². The molecule has 2 aromatic rings. The van der Waals surface area contributed by atoms with Crippen molar-refractivity contribution in [1.29, 1.82) is 0 Å². The molecule has 0 aliphatic carbocycles. The quantitative estimate of drug-likeness (QED) is 0.753. The van der Waals surface area contributed by atoms with Gasteiger partial charge in [-0.25, -0.2) is 4.98 Å². The van der Waals surface area contributed by atoms with E-state index in [0.717, 1.165) is 23.4 Å². The first-order valence-corrected chi connectivity index (χ1v) is 5.16. The van der Waals surface area contributed by atoms with Crippen molar-refractivity contribution >= 4 is 0 Å². The summed E-state index contributed by atoms with van der Waals surface area (Å²) < 4.78 is 0. The molecule has 0 amide bonds. The predicted octanol–water partition coefficient (Wildman–Crippen LogP) is -0.00488. The first-order valence-electron chi connectivity index (χ1n) is 5.16. The number of H-pyrrole nitrogens is 1. The van der Waals surface area contributed by atoms with Crippen LogP contribution in [0.15, 0.2) is 12.4 Å². The summed E-state index contributed by atoms with van der Waals surface area (Å²) in [6, 6.07) is 0. The van der Waals surface area contributed by atoms with Crippen LogP contribution < -0.4 is 5.73 Å². The summed E-state index contributed by atoms with van der Waals surface area (Å²) in [6.07, 6.45) is 5.02. The third-order valence-electron chi connectivity index (χ3n) is 2.30. The molecule has 0 saturated heterocycles. The number of aromatic amines is 1. The summed E-state index contributed by atoms with van der Waals surface area (Å²) in [6.45, 7) is 2.42. The summed E-state index contributed by atoms with van der Waals surface area (Å²) >= 11 is 0. The molecule has 0 bridgehead atoms. The van der Waals surface area contributed by atoms with E-state index in [2.05, 4.69) is 25.4 Å². The number of hydrogen-bond acceptors (Lipinski definition) is 5. The molecule has 0 atom stereocenters. The van der Waals surface area contributed by atoms with Crippen LogP contribution in [-0.2, 0) is 12.8 Å². The number of nitrogens with one attached hydrogen (secondary N) is 1. The Morgan fingerprint density at radius 2 is 2.19 bits per heavy atom. The minimum Gasteiger partial charge on any atom is -0.330 e. The number of rotatable bonds is 4. The SMILES string of the molecule is Cc1ncc(Cc2cn[nH]c2CCN)nn1. The van der Waals surface area contributed by atoms with E-state index in [1.807, 2.05) is 6.92 Å². The van der Waals surface area contributed by atoms with Gasteiger partial charge in [0.1, 0.15) is 5.82 Å². The van der Waals surface area contributed by atoms with Crippen LogP contribution in [0.4, 0.5) is 0 Å². The van der Waals surface area contributed by atoms with Crippen LogP contribution in [0.2, 0.25) is 0 Å². The monoisotopic (exact) mass is 218 g/mol. The highest BCUT2D eigenvalue weighted by molar-refractivity contribution is 5.22. The van der Waals surface area contributed by atoms with Crippen molar-refractivity contribution in [2.45, 2.75) is 19.8 Å². The number of nitrogens with two attached hydrogens (primary N) is 1. The van der Waals surface area contributed by atoms with Gasteiger partial charge in [-0.05, 0) is 19.0 Å². The molecule has 0 aliphatic rings. The third-order valence-corrected chi connectivity index (χ3v) is 2.30. The van der Waals surface area contributed by atoms with E-state index >= 15 is 0 Å². The maximum Gasteiger partial charge on any atom is 0.147 e. The van der Waals surface area contributed by atoms with E-state index in [0.29, 0.717) is 18.8 Å². The summed E-state index contributed by atoms with van der Waals surface area (Å²) in [5, 5.41) is 14.9. The van der Waals surface area contributed by atoms with Crippen LogP contribution in [0.3, 0.4) is 0 Å². The number of aryl methyl sites for hydroxylation is 1. The number of aromatic nitrogens is 5. The zero-order valence-electron chi connectivity index (χ0n) is 9.14. The molecule has 0 saturated carbocycles. The lowest BCUT2D eigenvalue weighted by Crippen LogP contribution is -2.06. The Morgan fingerprint density at radius 3 is 2.88 bits per heavy atom. The maximum absolute atomic E-state index is 5.51. The lowest BCUT2D eigenvalue weighted by atomic mass is 10.1. The van der Waals surface area contributed by atoms with Crippen LogP contribution in [0.25, 0.3) is 0 Å². The van der Waals surface area contributed by atoms with E-state index in [1.54, 1.807) is 12.4 Å². The van der Waals surface area contributed by atoms with Crippen molar-refractivity contribution in [2.24, 2.45) is 5.73 Å². The van der Waals surface area contributed by atoms with Gasteiger partial charge in [0.25, 0.3) is 0 Å². The Bertz CT molecular complexity index is 447. The molecule has 0 unspecified atom stereocenters. The molecular formula is C10H14N6. The highest BCUT2D eigenvalue weighted by atomic mass is 15.1. The Balaban J connectivity index is 2.13. The van der Waals surface area contributed by atoms with Gasteiger partial charge in [-0.2, -0.15) is 10.2 Å². The lowest BCUT2D eigenvalue weighted by molar-refractivity contribution is 0.840. The van der Waals surface area contributed by atoms with Gasteiger partial charge in [0.05, 0.1) is 18.1 Å². The molecule has 6 heteroatoms. The smallest absolute Gasteiger partial charge is 0.147 e. The Morgan fingerprint density at radius 1 is 1.31 bits per heavy atom. The van der Waals surface area contributed by atoms with Gasteiger partial charge in [0, 0.05) is 18.5 Å². The molecule has 0 aliphatic heterocycles. The second-order valence-corrected chi connectivity index (χ2v) is 3.59. The molecule has 6 nitrogen and oxygen atoms in total. The minimum absolute atomic E-state index is 0.604. The zero-order valence-corrected chi connectivity index (χ0v) is 9.14. The maximum atomic E-state index is 5.51. The second kappa shape index (κ2) is 4.80. The highest BCUT2D eigenvalue weighted by Crippen LogP contribution is 2.09. The van der Waals surface area contributed by atoms with Gasteiger partial charge in [-0.1, -0.05) is 0 Å². The molecule has 2 aromatic heterocycles. The average molecular weight is 218 g/mol. The van der Waals surface area contributed by atoms with Crippen molar-refractivity contribution in [3.63, 3.8) is 0 Å². The van der Waals surface area contributed by atoms with Crippen LogP contribution in [0.1, 0.15) is 22.8 Å². The zero-order chi connectivity index (χ0) is 11.4. The van der Waals surface area contributed by atoms with E-state index in [4.69, 9.17) is 5.73 Å². The van der Waals surface area contributed by atoms with E-state index in [1.165, 1.54) is 0 Å². The molecule has 2 heterocycles. The number of nitrogens with zero attached hydrogens (tertiary/aromatic N) is 4. The van der Waals surface area contributed by atoms with Crippen molar-refractivity contribution in [2.75, 3.05) is 6.54 Å². The molecule has 0 fully saturated rings. The first-order chi connectivity index (χ1) is 7.79. The Kier molecular flexibility index (Phi) is 3.21. The highest BCUT2D eigenvalue weighted by Gasteiger charge is 2.06. The molecule has 3 N–H and O–H groups in total. The van der Waals surface area contributed by atoms with Gasteiger partial charge in [0.15, 0.2) is 0 Å². The van der Waals surface area contributed by atoms with Gasteiger partial charge in [0.2, 0.25) is 0 Å². The van der Waals surface area contributed by atoms with Crippen LogP contribution in [0, 0.1) is 6.92 Å². The van der Waals surface area contributed by atoms with Gasteiger partial charge in [-0.15, -0.1) is 5.10 Å². The van der Waals surface area contributed by atoms with Crippen molar-refractivity contribution in [3.8, 4) is 0 Å². The Labute approximate surface area is 93.3 Å².